The fourth-order valence-corrected chi connectivity index (χ4v) is 3.84. The zero-order valence-corrected chi connectivity index (χ0v) is 16.1. The van der Waals surface area contributed by atoms with Crippen LogP contribution < -0.4 is 15.0 Å². The van der Waals surface area contributed by atoms with E-state index in [0.717, 1.165) is 49.8 Å². The summed E-state index contributed by atoms with van der Waals surface area (Å²) in [7, 11) is 0. The van der Waals surface area contributed by atoms with Gasteiger partial charge in [-0.1, -0.05) is 36.4 Å². The molecule has 0 spiro atoms. The van der Waals surface area contributed by atoms with E-state index in [1.54, 1.807) is 11.3 Å². The maximum atomic E-state index is 6.06. The van der Waals surface area contributed by atoms with Crippen molar-refractivity contribution in [2.75, 3.05) is 36.5 Å². The lowest BCUT2D eigenvalue weighted by atomic mass is 10.1. The highest BCUT2D eigenvalue weighted by Gasteiger charge is 2.14. The monoisotopic (exact) mass is 380 g/mol. The van der Waals surface area contributed by atoms with E-state index in [1.165, 1.54) is 10.6 Å². The Kier molecular flexibility index (Phi) is 5.92. The molecule has 0 bridgehead atoms. The van der Waals surface area contributed by atoms with Gasteiger partial charge in [0, 0.05) is 30.1 Å². The summed E-state index contributed by atoms with van der Waals surface area (Å²) in [5.74, 6) is 0.933. The number of nitrogens with zero attached hydrogens (tertiary/aromatic N) is 1. The van der Waals surface area contributed by atoms with Crippen molar-refractivity contribution >= 4 is 22.7 Å². The van der Waals surface area contributed by atoms with Gasteiger partial charge in [0.15, 0.2) is 0 Å². The van der Waals surface area contributed by atoms with Gasteiger partial charge in [0.25, 0.3) is 0 Å². The first-order valence-corrected chi connectivity index (χ1v) is 10.2. The molecule has 1 aromatic heterocycles. The summed E-state index contributed by atoms with van der Waals surface area (Å²) in [6, 6.07) is 20.9. The Balaban J connectivity index is 1.44. The molecule has 0 aliphatic carbocycles. The number of ether oxygens (including phenoxy) is 2. The van der Waals surface area contributed by atoms with Crippen molar-refractivity contribution in [2.24, 2.45) is 0 Å². The van der Waals surface area contributed by atoms with Crippen molar-refractivity contribution < 1.29 is 9.47 Å². The van der Waals surface area contributed by atoms with Crippen LogP contribution in [0.2, 0.25) is 0 Å². The second kappa shape index (κ2) is 8.93. The van der Waals surface area contributed by atoms with Crippen molar-refractivity contribution in [3.63, 3.8) is 0 Å². The molecule has 2 aromatic carbocycles. The van der Waals surface area contributed by atoms with Crippen molar-refractivity contribution in [3.8, 4) is 5.75 Å². The van der Waals surface area contributed by atoms with Crippen molar-refractivity contribution in [2.45, 2.75) is 13.2 Å². The van der Waals surface area contributed by atoms with E-state index in [-0.39, 0.29) is 0 Å². The van der Waals surface area contributed by atoms with Gasteiger partial charge in [-0.3, -0.25) is 0 Å². The van der Waals surface area contributed by atoms with E-state index in [2.05, 4.69) is 64.1 Å². The number of hydrogen-bond acceptors (Lipinski definition) is 5. The Morgan fingerprint density at radius 2 is 1.78 bits per heavy atom. The van der Waals surface area contributed by atoms with E-state index in [9.17, 15) is 0 Å². The van der Waals surface area contributed by atoms with Gasteiger partial charge in [-0.15, -0.1) is 11.3 Å². The number of benzene rings is 2. The minimum atomic E-state index is 0.610. The van der Waals surface area contributed by atoms with Crippen LogP contribution in [0.1, 0.15) is 10.4 Å². The summed E-state index contributed by atoms with van der Waals surface area (Å²) in [6.07, 6.45) is 0. The summed E-state index contributed by atoms with van der Waals surface area (Å²) in [5.41, 5.74) is 3.54. The Labute approximate surface area is 164 Å². The molecule has 4 nitrogen and oxygen atoms in total. The quantitative estimate of drug-likeness (QED) is 0.640. The fourth-order valence-electron chi connectivity index (χ4n) is 3.23. The van der Waals surface area contributed by atoms with Gasteiger partial charge >= 0.3 is 0 Å². The molecule has 1 aliphatic heterocycles. The second-order valence-electron chi connectivity index (χ2n) is 6.45. The van der Waals surface area contributed by atoms with E-state index in [1.807, 2.05) is 12.1 Å². The Hall–Kier alpha value is -2.50. The highest BCUT2D eigenvalue weighted by Crippen LogP contribution is 2.28. The predicted octanol–water partition coefficient (Wildman–Crippen LogP) is 4.78. The summed E-state index contributed by atoms with van der Waals surface area (Å²) in [4.78, 5) is 3.61. The molecule has 1 aliphatic rings. The molecule has 0 amide bonds. The van der Waals surface area contributed by atoms with Crippen molar-refractivity contribution in [1.82, 2.24) is 0 Å². The molecule has 4 rings (SSSR count). The van der Waals surface area contributed by atoms with Crippen LogP contribution >= 0.6 is 11.3 Å². The van der Waals surface area contributed by atoms with Gasteiger partial charge in [-0.05, 0) is 29.6 Å². The first-order valence-electron chi connectivity index (χ1n) is 9.29. The molecular formula is C22H24N2O2S. The molecule has 5 heteroatoms. The third kappa shape index (κ3) is 4.62. The molecule has 0 atom stereocenters. The lowest BCUT2D eigenvalue weighted by Crippen LogP contribution is -2.36. The predicted molar refractivity (Wildman–Crippen MR) is 112 cm³/mol. The highest BCUT2D eigenvalue weighted by atomic mass is 32.1. The number of nitrogens with one attached hydrogen (secondary N) is 1. The molecule has 2 heterocycles. The number of anilines is 2. The van der Waals surface area contributed by atoms with Crippen LogP contribution in [0, 0.1) is 0 Å². The summed E-state index contributed by atoms with van der Waals surface area (Å²) in [6.45, 7) is 4.76. The molecule has 1 saturated heterocycles. The Morgan fingerprint density at radius 1 is 0.963 bits per heavy atom. The van der Waals surface area contributed by atoms with Crippen molar-refractivity contribution in [1.29, 1.82) is 0 Å². The van der Waals surface area contributed by atoms with Crippen LogP contribution in [0.15, 0.2) is 66.0 Å². The molecule has 1 N–H and O–H groups in total. The number of hydrogen-bond donors (Lipinski definition) is 1. The van der Waals surface area contributed by atoms with Gasteiger partial charge in [0.05, 0.1) is 24.6 Å². The molecule has 0 saturated carbocycles. The maximum Gasteiger partial charge on any atom is 0.124 e. The van der Waals surface area contributed by atoms with Crippen LogP contribution in [0.4, 0.5) is 11.4 Å². The molecule has 0 radical (unpaired) electrons. The summed E-state index contributed by atoms with van der Waals surface area (Å²) >= 11 is 1.72. The first kappa shape index (κ1) is 17.9. The molecule has 0 unspecified atom stereocenters. The van der Waals surface area contributed by atoms with Gasteiger partial charge in [0.1, 0.15) is 12.4 Å². The minimum Gasteiger partial charge on any atom is -0.488 e. The molecule has 140 valence electrons. The van der Waals surface area contributed by atoms with E-state index in [0.29, 0.717) is 6.61 Å². The molecule has 27 heavy (non-hydrogen) atoms. The third-order valence-electron chi connectivity index (χ3n) is 4.65. The number of thiophene rings is 1. The van der Waals surface area contributed by atoms with Crippen LogP contribution in [-0.4, -0.2) is 26.3 Å². The van der Waals surface area contributed by atoms with Crippen LogP contribution in [0.5, 0.6) is 5.75 Å². The smallest absolute Gasteiger partial charge is 0.124 e. The molecular weight excluding hydrogens is 356 g/mol. The van der Waals surface area contributed by atoms with E-state index < -0.39 is 0 Å². The van der Waals surface area contributed by atoms with Gasteiger partial charge in [-0.25, -0.2) is 0 Å². The average molecular weight is 381 g/mol. The maximum absolute atomic E-state index is 6.06. The van der Waals surface area contributed by atoms with Crippen LogP contribution in [-0.2, 0) is 17.9 Å². The van der Waals surface area contributed by atoms with Gasteiger partial charge in [0.2, 0.25) is 0 Å². The highest BCUT2D eigenvalue weighted by molar-refractivity contribution is 7.09. The van der Waals surface area contributed by atoms with Gasteiger partial charge < -0.3 is 19.7 Å². The van der Waals surface area contributed by atoms with Gasteiger partial charge in [-0.2, -0.15) is 0 Å². The summed E-state index contributed by atoms with van der Waals surface area (Å²) in [5, 5.41) is 5.68. The Morgan fingerprint density at radius 3 is 2.63 bits per heavy atom. The first-order chi connectivity index (χ1) is 13.4. The SMILES string of the molecule is c1csc(COc2ccccc2CNc2ccccc2N2CCOCC2)c1. The standard InChI is InChI=1S/C22H24N2O2S/c1-4-10-22(26-17-19-7-5-15-27-19)18(6-1)16-23-20-8-2-3-9-21(20)24-11-13-25-14-12-24/h1-10,15,23H,11-14,16-17H2. The normalized spacial score (nSPS) is 14.1. The van der Waals surface area contributed by atoms with Crippen LogP contribution in [0.3, 0.4) is 0 Å². The number of rotatable bonds is 7. The Bertz CT molecular complexity index is 845. The number of morpholine rings is 1. The third-order valence-corrected chi connectivity index (χ3v) is 5.50. The van der Waals surface area contributed by atoms with E-state index in [4.69, 9.17) is 9.47 Å². The lowest BCUT2D eigenvalue weighted by molar-refractivity contribution is 0.123. The summed E-state index contributed by atoms with van der Waals surface area (Å²) < 4.78 is 11.5. The number of para-hydroxylation sites is 3. The van der Waals surface area contributed by atoms with E-state index >= 15 is 0 Å². The van der Waals surface area contributed by atoms with Crippen LogP contribution in [0.25, 0.3) is 0 Å². The average Bonchev–Trinajstić information content (AvgIpc) is 3.26. The topological polar surface area (TPSA) is 33.7 Å². The zero-order valence-electron chi connectivity index (χ0n) is 15.3. The second-order valence-corrected chi connectivity index (χ2v) is 7.48. The molecule has 1 fully saturated rings. The zero-order chi connectivity index (χ0) is 18.3. The molecule has 3 aromatic rings. The van der Waals surface area contributed by atoms with Crippen molar-refractivity contribution in [3.05, 3.63) is 76.5 Å². The minimum absolute atomic E-state index is 0.610. The largest absolute Gasteiger partial charge is 0.488 e. The lowest BCUT2D eigenvalue weighted by Gasteiger charge is -2.30. The fraction of sp³-hybridized carbons (Fsp3) is 0.273.